The second kappa shape index (κ2) is 6.43. The van der Waals surface area contributed by atoms with Crippen molar-refractivity contribution < 1.29 is 9.53 Å². The maximum Gasteiger partial charge on any atom is 0.226 e. The molecule has 1 amide bonds. The highest BCUT2D eigenvalue weighted by Crippen LogP contribution is 2.37. The highest BCUT2D eigenvalue weighted by Gasteiger charge is 2.29. The normalized spacial score (nSPS) is 16.2. The summed E-state index contributed by atoms with van der Waals surface area (Å²) in [5.74, 6) is 1.59. The number of benzene rings is 2. The van der Waals surface area contributed by atoms with Gasteiger partial charge in [-0.05, 0) is 23.3 Å². The van der Waals surface area contributed by atoms with E-state index in [1.54, 1.807) is 4.68 Å². The lowest BCUT2D eigenvalue weighted by Crippen LogP contribution is -2.24. The molecular formula is C20H19N3O2. The van der Waals surface area contributed by atoms with E-state index in [1.165, 1.54) is 0 Å². The molecule has 1 atom stereocenters. The van der Waals surface area contributed by atoms with Crippen molar-refractivity contribution in [2.75, 3.05) is 5.32 Å². The second-order valence-corrected chi connectivity index (χ2v) is 6.22. The van der Waals surface area contributed by atoms with E-state index in [0.29, 0.717) is 13.0 Å². The maximum absolute atomic E-state index is 12.1. The van der Waals surface area contributed by atoms with Gasteiger partial charge in [-0.3, -0.25) is 9.48 Å². The fourth-order valence-corrected chi connectivity index (χ4v) is 3.20. The molecular weight excluding hydrogens is 314 g/mol. The van der Waals surface area contributed by atoms with Crippen molar-refractivity contribution in [3.05, 3.63) is 77.5 Å². The van der Waals surface area contributed by atoms with Crippen LogP contribution < -0.4 is 10.1 Å². The molecule has 1 aliphatic rings. The lowest BCUT2D eigenvalue weighted by molar-refractivity contribution is -0.116. The van der Waals surface area contributed by atoms with Crippen LogP contribution in [0.5, 0.6) is 5.75 Å². The fraction of sp³-hybridized carbons (Fsp3) is 0.200. The van der Waals surface area contributed by atoms with Gasteiger partial charge in [0, 0.05) is 24.9 Å². The van der Waals surface area contributed by atoms with E-state index >= 15 is 0 Å². The van der Waals surface area contributed by atoms with Gasteiger partial charge in [-0.2, -0.15) is 5.10 Å². The summed E-state index contributed by atoms with van der Waals surface area (Å²) in [6.07, 6.45) is 2.25. The molecule has 25 heavy (non-hydrogen) atoms. The topological polar surface area (TPSA) is 56.2 Å². The number of ether oxygens (including phenoxy) is 1. The van der Waals surface area contributed by atoms with Crippen LogP contribution >= 0.6 is 0 Å². The van der Waals surface area contributed by atoms with Crippen molar-refractivity contribution in [2.24, 2.45) is 7.05 Å². The van der Waals surface area contributed by atoms with E-state index < -0.39 is 0 Å². The zero-order valence-electron chi connectivity index (χ0n) is 14.0. The summed E-state index contributed by atoms with van der Waals surface area (Å²) < 4.78 is 7.63. The van der Waals surface area contributed by atoms with Crippen LogP contribution in [0, 0.1) is 0 Å². The first-order valence-corrected chi connectivity index (χ1v) is 8.29. The van der Waals surface area contributed by atoms with Gasteiger partial charge in [-0.15, -0.1) is 0 Å². The third kappa shape index (κ3) is 3.13. The van der Waals surface area contributed by atoms with Gasteiger partial charge in [-0.1, -0.05) is 42.5 Å². The summed E-state index contributed by atoms with van der Waals surface area (Å²) in [6, 6.07) is 18.0. The monoisotopic (exact) mass is 333 g/mol. The maximum atomic E-state index is 12.1. The van der Waals surface area contributed by atoms with Crippen LogP contribution in [0.2, 0.25) is 0 Å². The van der Waals surface area contributed by atoms with Gasteiger partial charge in [0.1, 0.15) is 18.2 Å². The first-order chi connectivity index (χ1) is 12.2. The molecule has 1 aromatic heterocycles. The van der Waals surface area contributed by atoms with Crippen LogP contribution in [-0.4, -0.2) is 15.7 Å². The third-order valence-electron chi connectivity index (χ3n) is 4.50. The Balaban J connectivity index is 1.58. The molecule has 5 heteroatoms. The van der Waals surface area contributed by atoms with Gasteiger partial charge in [0.25, 0.3) is 0 Å². The number of aromatic nitrogens is 2. The van der Waals surface area contributed by atoms with E-state index in [-0.39, 0.29) is 11.8 Å². The van der Waals surface area contributed by atoms with Gasteiger partial charge in [-0.25, -0.2) is 0 Å². The van der Waals surface area contributed by atoms with E-state index in [2.05, 4.69) is 10.4 Å². The van der Waals surface area contributed by atoms with Gasteiger partial charge < -0.3 is 10.1 Å². The minimum Gasteiger partial charge on any atom is -0.489 e. The molecule has 2 heterocycles. The molecule has 3 aromatic rings. The molecule has 0 saturated carbocycles. The van der Waals surface area contributed by atoms with Crippen LogP contribution in [-0.2, 0) is 18.4 Å². The number of aryl methyl sites for hydroxylation is 1. The summed E-state index contributed by atoms with van der Waals surface area (Å²) in [5, 5.41) is 7.18. The lowest BCUT2D eigenvalue weighted by atomic mass is 9.87. The number of carbonyl (C=O) groups is 1. The smallest absolute Gasteiger partial charge is 0.226 e. The molecule has 0 fully saturated rings. The van der Waals surface area contributed by atoms with Crippen molar-refractivity contribution >= 4 is 11.7 Å². The zero-order chi connectivity index (χ0) is 17.2. The highest BCUT2D eigenvalue weighted by molar-refractivity contribution is 5.94. The largest absolute Gasteiger partial charge is 0.489 e. The Morgan fingerprint density at radius 2 is 2.04 bits per heavy atom. The molecule has 1 N–H and O–H groups in total. The molecule has 0 spiro atoms. The molecule has 0 unspecified atom stereocenters. The van der Waals surface area contributed by atoms with Crippen molar-refractivity contribution in [3.63, 3.8) is 0 Å². The summed E-state index contributed by atoms with van der Waals surface area (Å²) >= 11 is 0. The summed E-state index contributed by atoms with van der Waals surface area (Å²) in [7, 11) is 1.83. The molecule has 0 saturated heterocycles. The Kier molecular flexibility index (Phi) is 3.98. The number of anilines is 1. The fourth-order valence-electron chi connectivity index (χ4n) is 3.20. The van der Waals surface area contributed by atoms with Crippen LogP contribution in [0.3, 0.4) is 0 Å². The predicted molar refractivity (Wildman–Crippen MR) is 95.5 cm³/mol. The number of carbonyl (C=O) groups excluding carboxylic acids is 1. The first-order valence-electron chi connectivity index (χ1n) is 8.29. The molecule has 0 aliphatic carbocycles. The number of hydrogen-bond acceptors (Lipinski definition) is 3. The zero-order valence-corrected chi connectivity index (χ0v) is 14.0. The average Bonchev–Trinajstić information content (AvgIpc) is 3.01. The van der Waals surface area contributed by atoms with E-state index in [0.717, 1.165) is 28.3 Å². The molecule has 1 aliphatic heterocycles. The number of nitrogens with zero attached hydrogens (tertiary/aromatic N) is 2. The Morgan fingerprint density at radius 3 is 2.88 bits per heavy atom. The van der Waals surface area contributed by atoms with Gasteiger partial charge in [0.15, 0.2) is 0 Å². The molecule has 4 rings (SSSR count). The van der Waals surface area contributed by atoms with Crippen molar-refractivity contribution in [2.45, 2.75) is 18.9 Å². The molecule has 5 nitrogen and oxygen atoms in total. The van der Waals surface area contributed by atoms with E-state index in [4.69, 9.17) is 4.74 Å². The summed E-state index contributed by atoms with van der Waals surface area (Å²) in [5.41, 5.74) is 3.23. The minimum atomic E-state index is -0.00211. The quantitative estimate of drug-likeness (QED) is 0.795. The van der Waals surface area contributed by atoms with E-state index in [9.17, 15) is 4.79 Å². The summed E-state index contributed by atoms with van der Waals surface area (Å²) in [4.78, 5) is 12.1. The van der Waals surface area contributed by atoms with Gasteiger partial charge in [0.05, 0.1) is 6.20 Å². The molecule has 0 bridgehead atoms. The predicted octanol–water partition coefficient (Wildman–Crippen LogP) is 3.47. The Bertz CT molecular complexity index is 902. The molecule has 2 aromatic carbocycles. The lowest BCUT2D eigenvalue weighted by Gasteiger charge is -2.23. The number of nitrogens with one attached hydrogen (secondary N) is 1. The van der Waals surface area contributed by atoms with Gasteiger partial charge in [0.2, 0.25) is 5.91 Å². The highest BCUT2D eigenvalue weighted by atomic mass is 16.5. The van der Waals surface area contributed by atoms with Crippen LogP contribution in [0.4, 0.5) is 5.82 Å². The molecule has 126 valence electrons. The second-order valence-electron chi connectivity index (χ2n) is 6.22. The van der Waals surface area contributed by atoms with E-state index in [1.807, 2.05) is 67.8 Å². The van der Waals surface area contributed by atoms with Crippen LogP contribution in [0.15, 0.2) is 60.8 Å². The first kappa shape index (κ1) is 15.4. The SMILES string of the molecule is Cn1ncc2c1NC(=O)C[C@H]2c1cccc(OCc2ccccc2)c1. The van der Waals surface area contributed by atoms with Crippen LogP contribution in [0.25, 0.3) is 0 Å². The van der Waals surface area contributed by atoms with Crippen molar-refractivity contribution in [1.29, 1.82) is 0 Å². The summed E-state index contributed by atoms with van der Waals surface area (Å²) in [6.45, 7) is 0.521. The molecule has 0 radical (unpaired) electrons. The Morgan fingerprint density at radius 1 is 1.20 bits per heavy atom. The standard InChI is InChI=1S/C20H19N3O2/c1-23-20-18(12-21-23)17(11-19(24)22-20)15-8-5-9-16(10-15)25-13-14-6-3-2-4-7-14/h2-10,12,17H,11,13H2,1H3,(H,22,24)/t17-/m0/s1. The van der Waals surface area contributed by atoms with Crippen LogP contribution in [0.1, 0.15) is 29.0 Å². The number of amides is 1. The average molecular weight is 333 g/mol. The van der Waals surface area contributed by atoms with Crippen molar-refractivity contribution in [1.82, 2.24) is 9.78 Å². The Labute approximate surface area is 146 Å². The third-order valence-corrected chi connectivity index (χ3v) is 4.50. The minimum absolute atomic E-state index is 0.00211. The number of fused-ring (bicyclic) bond motifs is 1. The number of rotatable bonds is 4. The van der Waals surface area contributed by atoms with Crippen molar-refractivity contribution in [3.8, 4) is 5.75 Å². The van der Waals surface area contributed by atoms with Gasteiger partial charge >= 0.3 is 0 Å². The number of hydrogen-bond donors (Lipinski definition) is 1. The Hall–Kier alpha value is -3.08.